The number of methoxy groups -OCH3 is 1. The summed E-state index contributed by atoms with van der Waals surface area (Å²) in [5.74, 6) is 1.53. The van der Waals surface area contributed by atoms with Gasteiger partial charge in [-0.25, -0.2) is 0 Å². The van der Waals surface area contributed by atoms with Gasteiger partial charge >= 0.3 is 0 Å². The van der Waals surface area contributed by atoms with Gasteiger partial charge in [0, 0.05) is 24.5 Å². The number of nitrogens with zero attached hydrogens (tertiary/aromatic N) is 4. The highest BCUT2D eigenvalue weighted by Crippen LogP contribution is 2.27. The van der Waals surface area contributed by atoms with E-state index < -0.39 is 0 Å². The minimum Gasteiger partial charge on any atom is -0.496 e. The number of aromatic nitrogens is 4. The topological polar surface area (TPSA) is 64.9 Å². The fraction of sp³-hybridized carbons (Fsp3) is 0.188. The number of para-hydroxylation sites is 1. The van der Waals surface area contributed by atoms with E-state index in [9.17, 15) is 0 Å². The van der Waals surface area contributed by atoms with Crippen LogP contribution < -0.4 is 10.1 Å². The van der Waals surface area contributed by atoms with Crippen LogP contribution in [0.4, 0.5) is 5.82 Å². The molecule has 3 aromatic rings. The maximum Gasteiger partial charge on any atom is 0.148 e. The third kappa shape index (κ3) is 3.22. The summed E-state index contributed by atoms with van der Waals surface area (Å²) in [6.07, 6.45) is 3.69. The first-order chi connectivity index (χ1) is 10.9. The van der Waals surface area contributed by atoms with Crippen LogP contribution >= 0.6 is 0 Å². The fourth-order valence-electron chi connectivity index (χ4n) is 2.16. The molecule has 1 N–H and O–H groups in total. The Morgan fingerprint density at radius 1 is 1.09 bits per heavy atom. The van der Waals surface area contributed by atoms with Gasteiger partial charge in [0.1, 0.15) is 11.6 Å². The summed E-state index contributed by atoms with van der Waals surface area (Å²) in [4.78, 5) is 0. The molecule has 6 heteroatoms. The highest BCUT2D eigenvalue weighted by molar-refractivity contribution is 5.67. The smallest absolute Gasteiger partial charge is 0.148 e. The first-order valence-electron chi connectivity index (χ1n) is 7.05. The molecule has 0 saturated carbocycles. The monoisotopic (exact) mass is 295 g/mol. The van der Waals surface area contributed by atoms with E-state index in [4.69, 9.17) is 4.74 Å². The number of benzene rings is 1. The van der Waals surface area contributed by atoms with E-state index in [-0.39, 0.29) is 0 Å². The second-order valence-corrected chi connectivity index (χ2v) is 4.70. The Kier molecular flexibility index (Phi) is 4.29. The average molecular weight is 295 g/mol. The van der Waals surface area contributed by atoms with E-state index in [1.165, 1.54) is 0 Å². The standard InChI is InChI=1S/C16H17N5O/c1-22-15-6-3-2-5-13(15)14-7-8-16(20-19-14)17-10-12-21-11-4-9-18-21/h2-9,11H,10,12H2,1H3,(H,17,20). The van der Waals surface area contributed by atoms with Crippen molar-refractivity contribution in [1.29, 1.82) is 0 Å². The van der Waals surface area contributed by atoms with E-state index in [0.29, 0.717) is 0 Å². The van der Waals surface area contributed by atoms with Crippen molar-refractivity contribution in [3.8, 4) is 17.0 Å². The molecule has 0 aliphatic heterocycles. The molecule has 0 fully saturated rings. The Morgan fingerprint density at radius 3 is 2.73 bits per heavy atom. The van der Waals surface area contributed by atoms with Gasteiger partial charge in [-0.15, -0.1) is 10.2 Å². The molecular formula is C16H17N5O. The lowest BCUT2D eigenvalue weighted by molar-refractivity contribution is 0.416. The van der Waals surface area contributed by atoms with Gasteiger partial charge in [0.25, 0.3) is 0 Å². The van der Waals surface area contributed by atoms with Gasteiger partial charge in [0.05, 0.1) is 19.3 Å². The zero-order valence-corrected chi connectivity index (χ0v) is 12.3. The molecule has 0 unspecified atom stereocenters. The van der Waals surface area contributed by atoms with Crippen molar-refractivity contribution in [3.63, 3.8) is 0 Å². The molecule has 0 radical (unpaired) electrons. The van der Waals surface area contributed by atoms with E-state index in [1.807, 2.05) is 53.3 Å². The van der Waals surface area contributed by atoms with Gasteiger partial charge in [0.15, 0.2) is 0 Å². The third-order valence-corrected chi connectivity index (χ3v) is 3.25. The maximum atomic E-state index is 5.34. The second kappa shape index (κ2) is 6.71. The van der Waals surface area contributed by atoms with Gasteiger partial charge in [-0.05, 0) is 30.3 Å². The molecule has 0 bridgehead atoms. The van der Waals surface area contributed by atoms with E-state index in [0.717, 1.165) is 35.9 Å². The molecule has 2 heterocycles. The zero-order valence-electron chi connectivity index (χ0n) is 12.3. The Labute approximate surface area is 128 Å². The van der Waals surface area contributed by atoms with Crippen molar-refractivity contribution in [3.05, 3.63) is 54.9 Å². The number of hydrogen-bond acceptors (Lipinski definition) is 5. The highest BCUT2D eigenvalue weighted by Gasteiger charge is 2.06. The summed E-state index contributed by atoms with van der Waals surface area (Å²) in [7, 11) is 1.65. The summed E-state index contributed by atoms with van der Waals surface area (Å²) < 4.78 is 7.21. The lowest BCUT2D eigenvalue weighted by Crippen LogP contribution is -2.11. The summed E-state index contributed by atoms with van der Waals surface area (Å²) in [6, 6.07) is 13.5. The van der Waals surface area contributed by atoms with Gasteiger partial charge in [-0.1, -0.05) is 12.1 Å². The van der Waals surface area contributed by atoms with Crippen molar-refractivity contribution in [2.45, 2.75) is 6.54 Å². The van der Waals surface area contributed by atoms with E-state index in [1.54, 1.807) is 13.3 Å². The van der Waals surface area contributed by atoms with Crippen molar-refractivity contribution in [1.82, 2.24) is 20.0 Å². The average Bonchev–Trinajstić information content (AvgIpc) is 3.09. The van der Waals surface area contributed by atoms with Gasteiger partial charge in [-0.2, -0.15) is 5.10 Å². The molecule has 1 aromatic carbocycles. The highest BCUT2D eigenvalue weighted by atomic mass is 16.5. The largest absolute Gasteiger partial charge is 0.496 e. The Balaban J connectivity index is 1.65. The lowest BCUT2D eigenvalue weighted by Gasteiger charge is -2.08. The van der Waals surface area contributed by atoms with Crippen LogP contribution in [-0.4, -0.2) is 33.6 Å². The Hall–Kier alpha value is -2.89. The van der Waals surface area contributed by atoms with Crippen molar-refractivity contribution in [2.24, 2.45) is 0 Å². The van der Waals surface area contributed by atoms with Crippen LogP contribution in [0.2, 0.25) is 0 Å². The molecule has 0 saturated heterocycles. The molecule has 3 rings (SSSR count). The second-order valence-electron chi connectivity index (χ2n) is 4.70. The number of anilines is 1. The van der Waals surface area contributed by atoms with Crippen LogP contribution in [0.25, 0.3) is 11.3 Å². The quantitative estimate of drug-likeness (QED) is 0.756. The predicted molar refractivity (Wildman–Crippen MR) is 84.7 cm³/mol. The van der Waals surface area contributed by atoms with Gasteiger partial charge in [0.2, 0.25) is 0 Å². The normalized spacial score (nSPS) is 10.4. The van der Waals surface area contributed by atoms with Crippen LogP contribution in [0.1, 0.15) is 0 Å². The zero-order chi connectivity index (χ0) is 15.2. The van der Waals surface area contributed by atoms with Crippen LogP contribution in [-0.2, 0) is 6.54 Å². The minimum atomic E-state index is 0.740. The fourth-order valence-corrected chi connectivity index (χ4v) is 2.16. The first kappa shape index (κ1) is 14.1. The Morgan fingerprint density at radius 2 is 2.00 bits per heavy atom. The van der Waals surface area contributed by atoms with Crippen LogP contribution in [0, 0.1) is 0 Å². The predicted octanol–water partition coefficient (Wildman–Crippen LogP) is 2.46. The summed E-state index contributed by atoms with van der Waals surface area (Å²) in [5, 5.41) is 15.8. The molecule has 0 aliphatic carbocycles. The number of ether oxygens (including phenoxy) is 1. The van der Waals surface area contributed by atoms with Crippen molar-refractivity contribution in [2.75, 3.05) is 19.0 Å². The first-order valence-corrected chi connectivity index (χ1v) is 7.05. The Bertz CT molecular complexity index is 710. The molecule has 0 atom stereocenters. The maximum absolute atomic E-state index is 5.34. The molecule has 0 spiro atoms. The van der Waals surface area contributed by atoms with E-state index >= 15 is 0 Å². The number of hydrogen-bond donors (Lipinski definition) is 1. The van der Waals surface area contributed by atoms with Crippen LogP contribution in [0.3, 0.4) is 0 Å². The SMILES string of the molecule is COc1ccccc1-c1ccc(NCCn2cccn2)nn1. The van der Waals surface area contributed by atoms with Gasteiger partial charge < -0.3 is 10.1 Å². The van der Waals surface area contributed by atoms with Gasteiger partial charge in [-0.3, -0.25) is 4.68 Å². The minimum absolute atomic E-state index is 0.740. The summed E-state index contributed by atoms with van der Waals surface area (Å²) in [5.41, 5.74) is 1.72. The van der Waals surface area contributed by atoms with Crippen molar-refractivity contribution < 1.29 is 4.74 Å². The molecule has 6 nitrogen and oxygen atoms in total. The summed E-state index contributed by atoms with van der Waals surface area (Å²) in [6.45, 7) is 1.52. The molecule has 112 valence electrons. The van der Waals surface area contributed by atoms with E-state index in [2.05, 4.69) is 20.6 Å². The number of nitrogens with one attached hydrogen (secondary N) is 1. The van der Waals surface area contributed by atoms with Crippen LogP contribution in [0.15, 0.2) is 54.9 Å². The lowest BCUT2D eigenvalue weighted by atomic mass is 10.1. The molecule has 22 heavy (non-hydrogen) atoms. The van der Waals surface area contributed by atoms with Crippen LogP contribution in [0.5, 0.6) is 5.75 Å². The number of rotatable bonds is 6. The molecule has 0 amide bonds. The van der Waals surface area contributed by atoms with Crippen molar-refractivity contribution >= 4 is 5.82 Å². The molecule has 0 aliphatic rings. The molecule has 2 aromatic heterocycles. The molecular weight excluding hydrogens is 278 g/mol. The summed E-state index contributed by atoms with van der Waals surface area (Å²) >= 11 is 0. The third-order valence-electron chi connectivity index (χ3n) is 3.25.